The number of nitrogens with two attached hydrogens (primary N) is 1. The molecule has 0 bridgehead atoms. The molecule has 1 aromatic rings. The van der Waals surface area contributed by atoms with E-state index in [1.807, 2.05) is 12.1 Å². The molecule has 0 saturated carbocycles. The number of benzene rings is 1. The summed E-state index contributed by atoms with van der Waals surface area (Å²) in [4.78, 5) is 10.6. The number of primary amides is 1. The van der Waals surface area contributed by atoms with Crippen molar-refractivity contribution in [2.24, 2.45) is 5.73 Å². The number of carbonyl (C=O) groups excluding carboxylic acids is 1. The van der Waals surface area contributed by atoms with Gasteiger partial charge in [0, 0.05) is 9.99 Å². The van der Waals surface area contributed by atoms with Gasteiger partial charge in [-0.15, -0.1) is 0 Å². The van der Waals surface area contributed by atoms with Crippen LogP contribution in [0, 0.1) is 0 Å². The van der Waals surface area contributed by atoms with Gasteiger partial charge in [0.2, 0.25) is 5.91 Å². The summed E-state index contributed by atoms with van der Waals surface area (Å²) in [5.74, 6) is -0.370. The molecule has 0 spiro atoms. The zero-order chi connectivity index (χ0) is 8.27. The summed E-state index contributed by atoms with van der Waals surface area (Å²) in [7, 11) is 0. The molecule has 1 rings (SSSR count). The molecule has 0 radical (unpaired) electrons. The molecule has 2 nitrogen and oxygen atoms in total. The second-order valence-corrected chi connectivity index (χ2v) is 2.96. The van der Waals surface area contributed by atoms with Gasteiger partial charge in [-0.1, -0.05) is 34.7 Å². The second-order valence-electron chi connectivity index (χ2n) is 2.19. The normalized spacial score (nSPS) is 9.55. The summed E-state index contributed by atoms with van der Waals surface area (Å²) in [6.45, 7) is 0. The van der Waals surface area contributed by atoms with Crippen molar-refractivity contribution in [3.05, 3.63) is 35.4 Å². The van der Waals surface area contributed by atoms with Crippen molar-refractivity contribution in [3.63, 3.8) is 0 Å². The maximum Gasteiger partial charge on any atom is 0.248 e. The molecule has 0 aromatic heterocycles. The molecule has 0 atom stereocenters. The molecule has 1 amide bonds. The molecule has 58 valence electrons. The number of halogens is 1. The van der Waals surface area contributed by atoms with E-state index in [-0.39, 0.29) is 5.91 Å². The van der Waals surface area contributed by atoms with E-state index in [0.717, 1.165) is 4.43 Å². The van der Waals surface area contributed by atoms with Gasteiger partial charge in [0.05, 0.1) is 0 Å². The highest BCUT2D eigenvalue weighted by Crippen LogP contribution is 2.07. The molecule has 0 aliphatic heterocycles. The molecular weight excluding hydrogens is 253 g/mol. The van der Waals surface area contributed by atoms with Gasteiger partial charge in [-0.05, 0) is 17.7 Å². The Morgan fingerprint density at radius 1 is 1.36 bits per heavy atom. The predicted octanol–water partition coefficient (Wildman–Crippen LogP) is 1.72. The standard InChI is InChI=1S/C8H8INO/c9-5-6-1-3-7(4-2-6)8(10)11/h1-4H,5H2,(H2,10,11). The molecule has 0 heterocycles. The molecule has 0 saturated heterocycles. The minimum absolute atomic E-state index is 0.370. The fourth-order valence-electron chi connectivity index (χ4n) is 0.758. The van der Waals surface area contributed by atoms with Crippen LogP contribution in [0.4, 0.5) is 0 Å². The quantitative estimate of drug-likeness (QED) is 0.639. The largest absolute Gasteiger partial charge is 0.366 e. The Bertz CT molecular complexity index is 255. The third-order valence-corrected chi connectivity index (χ3v) is 2.27. The van der Waals surface area contributed by atoms with Crippen LogP contribution >= 0.6 is 22.6 Å². The van der Waals surface area contributed by atoms with Crippen molar-refractivity contribution in [2.45, 2.75) is 4.43 Å². The summed E-state index contributed by atoms with van der Waals surface area (Å²) >= 11 is 2.27. The van der Waals surface area contributed by atoms with Crippen molar-refractivity contribution in [2.75, 3.05) is 0 Å². The number of rotatable bonds is 2. The third kappa shape index (κ3) is 2.18. The Balaban J connectivity index is 2.91. The van der Waals surface area contributed by atoms with Crippen LogP contribution < -0.4 is 5.73 Å². The van der Waals surface area contributed by atoms with Crippen LogP contribution in [-0.4, -0.2) is 5.91 Å². The maximum atomic E-state index is 10.6. The summed E-state index contributed by atoms with van der Waals surface area (Å²) < 4.78 is 0.955. The van der Waals surface area contributed by atoms with E-state index in [1.165, 1.54) is 5.56 Å². The lowest BCUT2D eigenvalue weighted by molar-refractivity contribution is 0.100. The average molecular weight is 261 g/mol. The summed E-state index contributed by atoms with van der Waals surface area (Å²) in [5.41, 5.74) is 6.84. The number of amides is 1. The van der Waals surface area contributed by atoms with E-state index in [4.69, 9.17) is 5.73 Å². The molecule has 2 N–H and O–H groups in total. The molecule has 0 aliphatic carbocycles. The molecule has 0 fully saturated rings. The van der Waals surface area contributed by atoms with Crippen molar-refractivity contribution in [1.82, 2.24) is 0 Å². The highest BCUT2D eigenvalue weighted by atomic mass is 127. The van der Waals surface area contributed by atoms with Gasteiger partial charge < -0.3 is 5.73 Å². The number of carbonyl (C=O) groups is 1. The van der Waals surface area contributed by atoms with Crippen molar-refractivity contribution >= 4 is 28.5 Å². The summed E-state index contributed by atoms with van der Waals surface area (Å²) in [5, 5.41) is 0. The molecular formula is C8H8INO. The van der Waals surface area contributed by atoms with E-state index >= 15 is 0 Å². The van der Waals surface area contributed by atoms with E-state index in [2.05, 4.69) is 22.6 Å². The Morgan fingerprint density at radius 3 is 2.27 bits per heavy atom. The van der Waals surface area contributed by atoms with Crippen LogP contribution in [0.15, 0.2) is 24.3 Å². The lowest BCUT2D eigenvalue weighted by atomic mass is 10.1. The van der Waals surface area contributed by atoms with Crippen LogP contribution in [0.25, 0.3) is 0 Å². The van der Waals surface area contributed by atoms with E-state index in [1.54, 1.807) is 12.1 Å². The lowest BCUT2D eigenvalue weighted by Crippen LogP contribution is -2.10. The fraction of sp³-hybridized carbons (Fsp3) is 0.125. The second kappa shape index (κ2) is 3.71. The molecule has 3 heteroatoms. The van der Waals surface area contributed by atoms with Crippen molar-refractivity contribution < 1.29 is 4.79 Å². The summed E-state index contributed by atoms with van der Waals surface area (Å²) in [6, 6.07) is 7.31. The lowest BCUT2D eigenvalue weighted by Gasteiger charge is -1.96. The van der Waals surface area contributed by atoms with Crippen LogP contribution in [0.3, 0.4) is 0 Å². The van der Waals surface area contributed by atoms with Gasteiger partial charge in [-0.3, -0.25) is 4.79 Å². The highest BCUT2D eigenvalue weighted by Gasteiger charge is 1.97. The number of hydrogen-bond acceptors (Lipinski definition) is 1. The Kier molecular flexibility index (Phi) is 2.87. The fourth-order valence-corrected chi connectivity index (χ4v) is 1.27. The summed E-state index contributed by atoms with van der Waals surface area (Å²) in [6.07, 6.45) is 0. The number of hydrogen-bond donors (Lipinski definition) is 1. The number of alkyl halides is 1. The first-order chi connectivity index (χ1) is 5.24. The van der Waals surface area contributed by atoms with Gasteiger partial charge in [0.1, 0.15) is 0 Å². The molecule has 0 unspecified atom stereocenters. The Morgan fingerprint density at radius 2 is 1.91 bits per heavy atom. The van der Waals surface area contributed by atoms with Crippen LogP contribution in [0.5, 0.6) is 0 Å². The van der Waals surface area contributed by atoms with Crippen molar-refractivity contribution in [3.8, 4) is 0 Å². The molecule has 1 aromatic carbocycles. The smallest absolute Gasteiger partial charge is 0.248 e. The highest BCUT2D eigenvalue weighted by molar-refractivity contribution is 14.1. The van der Waals surface area contributed by atoms with E-state index < -0.39 is 0 Å². The van der Waals surface area contributed by atoms with Gasteiger partial charge in [0.25, 0.3) is 0 Å². The van der Waals surface area contributed by atoms with Crippen LogP contribution in [0.1, 0.15) is 15.9 Å². The first-order valence-corrected chi connectivity index (χ1v) is 4.71. The van der Waals surface area contributed by atoms with Gasteiger partial charge in [-0.2, -0.15) is 0 Å². The van der Waals surface area contributed by atoms with E-state index in [0.29, 0.717) is 5.56 Å². The molecule has 0 aliphatic rings. The maximum absolute atomic E-state index is 10.6. The first-order valence-electron chi connectivity index (χ1n) is 3.18. The SMILES string of the molecule is NC(=O)c1ccc(CI)cc1. The van der Waals surface area contributed by atoms with Crippen LogP contribution in [0.2, 0.25) is 0 Å². The monoisotopic (exact) mass is 261 g/mol. The van der Waals surface area contributed by atoms with Gasteiger partial charge in [-0.25, -0.2) is 0 Å². The van der Waals surface area contributed by atoms with Crippen molar-refractivity contribution in [1.29, 1.82) is 0 Å². The predicted molar refractivity (Wildman–Crippen MR) is 52.7 cm³/mol. The van der Waals surface area contributed by atoms with Crippen LogP contribution in [-0.2, 0) is 4.43 Å². The first kappa shape index (κ1) is 8.52. The average Bonchev–Trinajstić information content (AvgIpc) is 2.05. The third-order valence-electron chi connectivity index (χ3n) is 1.39. The van der Waals surface area contributed by atoms with Gasteiger partial charge in [0.15, 0.2) is 0 Å². The minimum atomic E-state index is -0.370. The minimum Gasteiger partial charge on any atom is -0.366 e. The zero-order valence-electron chi connectivity index (χ0n) is 5.88. The van der Waals surface area contributed by atoms with Gasteiger partial charge >= 0.3 is 0 Å². The Hall–Kier alpha value is -0.580. The zero-order valence-corrected chi connectivity index (χ0v) is 8.04. The Labute approximate surface area is 78.9 Å². The topological polar surface area (TPSA) is 43.1 Å². The van der Waals surface area contributed by atoms with E-state index in [9.17, 15) is 4.79 Å². The molecule has 11 heavy (non-hydrogen) atoms.